The van der Waals surface area contributed by atoms with Crippen molar-refractivity contribution in [2.24, 2.45) is 0 Å². The van der Waals surface area contributed by atoms with Crippen molar-refractivity contribution in [1.82, 2.24) is 0 Å². The van der Waals surface area contributed by atoms with E-state index in [-0.39, 0.29) is 0 Å². The van der Waals surface area contributed by atoms with Crippen molar-refractivity contribution >= 4 is 0 Å². The molecule has 0 bridgehead atoms. The fraction of sp³-hybridized carbons (Fsp3) is 0.250. The van der Waals surface area contributed by atoms with Crippen molar-refractivity contribution < 1.29 is 4.74 Å². The van der Waals surface area contributed by atoms with Gasteiger partial charge in [0.2, 0.25) is 0 Å². The number of aryl methyl sites for hydroxylation is 1. The summed E-state index contributed by atoms with van der Waals surface area (Å²) in [4.78, 5) is 0. The van der Waals surface area contributed by atoms with Gasteiger partial charge in [0.15, 0.2) is 0 Å². The van der Waals surface area contributed by atoms with Crippen LogP contribution in [0.2, 0.25) is 0 Å². The summed E-state index contributed by atoms with van der Waals surface area (Å²) in [5, 5.41) is 0. The van der Waals surface area contributed by atoms with Crippen molar-refractivity contribution in [2.75, 3.05) is 0 Å². The highest BCUT2D eigenvalue weighted by molar-refractivity contribution is 5.64. The van der Waals surface area contributed by atoms with E-state index in [0.29, 0.717) is 0 Å². The predicted octanol–water partition coefficient (Wildman–Crippen LogP) is 7.27. The Bertz CT molecular complexity index is 742. The third kappa shape index (κ3) is 5.22. The van der Waals surface area contributed by atoms with E-state index in [1.165, 1.54) is 42.4 Å². The lowest BCUT2D eigenvalue weighted by atomic mass is 10.1. The van der Waals surface area contributed by atoms with Gasteiger partial charge in [-0.3, -0.25) is 0 Å². The van der Waals surface area contributed by atoms with Crippen molar-refractivity contribution in [3.05, 3.63) is 84.4 Å². The summed E-state index contributed by atoms with van der Waals surface area (Å²) in [5.74, 6) is 1.76. The molecule has 128 valence electrons. The minimum absolute atomic E-state index is 0.871. The van der Waals surface area contributed by atoms with E-state index >= 15 is 0 Å². The van der Waals surface area contributed by atoms with Gasteiger partial charge in [-0.25, -0.2) is 0 Å². The Labute approximate surface area is 151 Å². The van der Waals surface area contributed by atoms with Gasteiger partial charge in [-0.05, 0) is 53.8 Å². The zero-order chi connectivity index (χ0) is 17.3. The standard InChI is InChI=1S/C24H26O/c1-2-3-4-6-9-20-12-16-23(17-13-20)25-24-18-14-22(15-19-24)21-10-7-5-8-11-21/h5,7-8,10-19H,2-4,6,9H2,1H3. The fourth-order valence-electron chi connectivity index (χ4n) is 2.96. The molecule has 0 aliphatic rings. The van der Waals surface area contributed by atoms with Gasteiger partial charge in [0.1, 0.15) is 11.5 Å². The van der Waals surface area contributed by atoms with Crippen LogP contribution >= 0.6 is 0 Å². The second-order valence-corrected chi connectivity index (χ2v) is 6.45. The molecule has 1 nitrogen and oxygen atoms in total. The normalized spacial score (nSPS) is 10.6. The lowest BCUT2D eigenvalue weighted by Crippen LogP contribution is -1.88. The first-order valence-corrected chi connectivity index (χ1v) is 9.27. The van der Waals surface area contributed by atoms with Crippen LogP contribution in [0.4, 0.5) is 0 Å². The maximum absolute atomic E-state index is 5.97. The van der Waals surface area contributed by atoms with Gasteiger partial charge in [0.25, 0.3) is 0 Å². The van der Waals surface area contributed by atoms with Crippen LogP contribution in [-0.2, 0) is 6.42 Å². The number of hydrogen-bond acceptors (Lipinski definition) is 1. The molecule has 0 aliphatic heterocycles. The molecule has 0 atom stereocenters. The molecule has 0 unspecified atom stereocenters. The molecule has 25 heavy (non-hydrogen) atoms. The van der Waals surface area contributed by atoms with Crippen molar-refractivity contribution in [1.29, 1.82) is 0 Å². The molecular weight excluding hydrogens is 304 g/mol. The lowest BCUT2D eigenvalue weighted by Gasteiger charge is -2.08. The number of ether oxygens (including phenoxy) is 1. The highest BCUT2D eigenvalue weighted by atomic mass is 16.5. The minimum Gasteiger partial charge on any atom is -0.457 e. The summed E-state index contributed by atoms with van der Waals surface area (Å²) in [6.07, 6.45) is 6.37. The Hall–Kier alpha value is -2.54. The minimum atomic E-state index is 0.871. The van der Waals surface area contributed by atoms with Gasteiger partial charge in [-0.2, -0.15) is 0 Å². The summed E-state index contributed by atoms with van der Waals surface area (Å²) < 4.78 is 5.97. The summed E-state index contributed by atoms with van der Waals surface area (Å²) in [6.45, 7) is 2.25. The van der Waals surface area contributed by atoms with E-state index < -0.39 is 0 Å². The molecule has 0 aromatic heterocycles. The first kappa shape index (κ1) is 17.3. The molecule has 0 spiro atoms. The molecular formula is C24H26O. The molecule has 1 heteroatoms. The van der Waals surface area contributed by atoms with Crippen LogP contribution in [0.15, 0.2) is 78.9 Å². The molecule has 0 saturated carbocycles. The highest BCUT2D eigenvalue weighted by Crippen LogP contribution is 2.26. The van der Waals surface area contributed by atoms with E-state index in [1.807, 2.05) is 18.2 Å². The Morgan fingerprint density at radius 2 is 1.20 bits per heavy atom. The van der Waals surface area contributed by atoms with Gasteiger partial charge in [-0.1, -0.05) is 80.8 Å². The maximum atomic E-state index is 5.97. The Morgan fingerprint density at radius 1 is 0.600 bits per heavy atom. The van der Waals surface area contributed by atoms with E-state index in [9.17, 15) is 0 Å². The van der Waals surface area contributed by atoms with Crippen LogP contribution in [-0.4, -0.2) is 0 Å². The third-order valence-corrected chi connectivity index (χ3v) is 4.44. The lowest BCUT2D eigenvalue weighted by molar-refractivity contribution is 0.482. The quantitative estimate of drug-likeness (QED) is 0.395. The first-order chi connectivity index (χ1) is 12.3. The first-order valence-electron chi connectivity index (χ1n) is 9.27. The van der Waals surface area contributed by atoms with E-state index in [4.69, 9.17) is 4.74 Å². The summed E-state index contributed by atoms with van der Waals surface area (Å²) >= 11 is 0. The molecule has 0 heterocycles. The Kier molecular flexibility index (Phi) is 6.28. The summed E-state index contributed by atoms with van der Waals surface area (Å²) in [6, 6.07) is 27.2. The molecule has 0 amide bonds. The zero-order valence-corrected chi connectivity index (χ0v) is 14.9. The molecule has 3 aromatic rings. The van der Waals surface area contributed by atoms with Crippen molar-refractivity contribution in [2.45, 2.75) is 39.0 Å². The molecule has 0 saturated heterocycles. The number of benzene rings is 3. The van der Waals surface area contributed by atoms with Gasteiger partial charge >= 0.3 is 0 Å². The number of rotatable bonds is 8. The van der Waals surface area contributed by atoms with Gasteiger partial charge in [0.05, 0.1) is 0 Å². The molecule has 3 aromatic carbocycles. The second kappa shape index (κ2) is 9.08. The van der Waals surface area contributed by atoms with Crippen LogP contribution in [0, 0.1) is 0 Å². The average Bonchev–Trinajstić information content (AvgIpc) is 2.68. The molecule has 0 N–H and O–H groups in total. The van der Waals surface area contributed by atoms with Crippen LogP contribution in [0.5, 0.6) is 11.5 Å². The Morgan fingerprint density at radius 3 is 1.84 bits per heavy atom. The number of unbranched alkanes of at least 4 members (excludes halogenated alkanes) is 3. The van der Waals surface area contributed by atoms with Gasteiger partial charge in [0, 0.05) is 0 Å². The monoisotopic (exact) mass is 330 g/mol. The van der Waals surface area contributed by atoms with Crippen molar-refractivity contribution in [3.63, 3.8) is 0 Å². The number of hydrogen-bond donors (Lipinski definition) is 0. The maximum Gasteiger partial charge on any atom is 0.127 e. The molecule has 3 rings (SSSR count). The zero-order valence-electron chi connectivity index (χ0n) is 14.9. The third-order valence-electron chi connectivity index (χ3n) is 4.44. The highest BCUT2D eigenvalue weighted by Gasteiger charge is 2.01. The predicted molar refractivity (Wildman–Crippen MR) is 106 cm³/mol. The van der Waals surface area contributed by atoms with Gasteiger partial charge in [-0.15, -0.1) is 0 Å². The van der Waals surface area contributed by atoms with Gasteiger partial charge < -0.3 is 4.74 Å². The van der Waals surface area contributed by atoms with E-state index in [2.05, 4.69) is 67.6 Å². The summed E-state index contributed by atoms with van der Waals surface area (Å²) in [7, 11) is 0. The summed E-state index contributed by atoms with van der Waals surface area (Å²) in [5.41, 5.74) is 3.82. The molecule has 0 radical (unpaired) electrons. The largest absolute Gasteiger partial charge is 0.457 e. The average molecular weight is 330 g/mol. The molecule has 0 aliphatic carbocycles. The Balaban J connectivity index is 1.57. The SMILES string of the molecule is CCCCCCc1ccc(Oc2ccc(-c3ccccc3)cc2)cc1. The topological polar surface area (TPSA) is 9.23 Å². The molecule has 0 fully saturated rings. The fourth-order valence-corrected chi connectivity index (χ4v) is 2.96. The van der Waals surface area contributed by atoms with Crippen molar-refractivity contribution in [3.8, 4) is 22.6 Å². The van der Waals surface area contributed by atoms with Crippen LogP contribution in [0.25, 0.3) is 11.1 Å². The second-order valence-electron chi connectivity index (χ2n) is 6.45. The van der Waals surface area contributed by atoms with Crippen LogP contribution in [0.3, 0.4) is 0 Å². The van der Waals surface area contributed by atoms with Crippen LogP contribution < -0.4 is 4.74 Å². The smallest absolute Gasteiger partial charge is 0.127 e. The van der Waals surface area contributed by atoms with E-state index in [0.717, 1.165) is 17.9 Å². The van der Waals surface area contributed by atoms with E-state index in [1.54, 1.807) is 0 Å². The van der Waals surface area contributed by atoms with Crippen LogP contribution in [0.1, 0.15) is 38.2 Å².